The average molecular weight is 256 g/mol. The van der Waals surface area contributed by atoms with Crippen LogP contribution in [0, 0.1) is 5.82 Å². The largest absolute Gasteiger partial charge is 0.323 e. The van der Waals surface area contributed by atoms with Crippen molar-refractivity contribution in [3.8, 4) is 0 Å². The van der Waals surface area contributed by atoms with Crippen molar-refractivity contribution in [1.29, 1.82) is 0 Å². The van der Waals surface area contributed by atoms with Crippen LogP contribution in [-0.4, -0.2) is 20.2 Å². The highest BCUT2D eigenvalue weighted by Gasteiger charge is 2.17. The van der Waals surface area contributed by atoms with Crippen LogP contribution in [-0.2, 0) is 13.5 Å². The summed E-state index contributed by atoms with van der Waals surface area (Å²) < 4.78 is 13.6. The number of rotatable bonds is 3. The van der Waals surface area contributed by atoms with Gasteiger partial charge < -0.3 is 5.73 Å². The molecule has 0 saturated carbocycles. The molecule has 2 aromatic rings. The Morgan fingerprint density at radius 1 is 1.53 bits per heavy atom. The Bertz CT molecular complexity index is 507. The number of aryl methyl sites for hydroxylation is 1. The molecular weight excluding hydrogens is 245 g/mol. The molecule has 0 spiro atoms. The van der Waals surface area contributed by atoms with Crippen molar-refractivity contribution in [2.24, 2.45) is 12.8 Å². The maximum atomic E-state index is 13.6. The zero-order valence-corrected chi connectivity index (χ0v) is 9.89. The standard InChI is InChI=1S/C10H11ClFN5/c1-17-15-9(14-16-17)5-8(13)10-6(11)3-2-4-7(10)12/h2-4,8H,5,13H2,1H3. The van der Waals surface area contributed by atoms with Crippen molar-refractivity contribution in [1.82, 2.24) is 20.2 Å². The minimum absolute atomic E-state index is 0.279. The summed E-state index contributed by atoms with van der Waals surface area (Å²) in [7, 11) is 1.65. The molecule has 5 nitrogen and oxygen atoms in total. The molecule has 0 bridgehead atoms. The highest BCUT2D eigenvalue weighted by molar-refractivity contribution is 6.31. The topological polar surface area (TPSA) is 69.6 Å². The van der Waals surface area contributed by atoms with Crippen molar-refractivity contribution < 1.29 is 4.39 Å². The van der Waals surface area contributed by atoms with Gasteiger partial charge in [-0.1, -0.05) is 17.7 Å². The summed E-state index contributed by atoms with van der Waals surface area (Å²) in [5.74, 6) is 0.0354. The zero-order valence-electron chi connectivity index (χ0n) is 9.14. The summed E-state index contributed by atoms with van der Waals surface area (Å²) in [4.78, 5) is 1.32. The fourth-order valence-corrected chi connectivity index (χ4v) is 1.87. The third-order valence-corrected chi connectivity index (χ3v) is 2.65. The maximum Gasteiger partial charge on any atom is 0.176 e. The van der Waals surface area contributed by atoms with Crippen molar-refractivity contribution in [2.75, 3.05) is 0 Å². The monoisotopic (exact) mass is 255 g/mol. The number of aromatic nitrogens is 4. The van der Waals surface area contributed by atoms with Gasteiger partial charge in [0, 0.05) is 23.0 Å². The average Bonchev–Trinajstić information content (AvgIpc) is 2.63. The van der Waals surface area contributed by atoms with E-state index in [0.29, 0.717) is 10.8 Å². The Labute approximate surface area is 102 Å². The van der Waals surface area contributed by atoms with E-state index in [1.165, 1.54) is 16.9 Å². The summed E-state index contributed by atoms with van der Waals surface area (Å²) in [6, 6.07) is 3.87. The summed E-state index contributed by atoms with van der Waals surface area (Å²) in [5, 5.41) is 11.8. The lowest BCUT2D eigenvalue weighted by Gasteiger charge is -2.12. The van der Waals surface area contributed by atoms with Crippen LogP contribution in [0.2, 0.25) is 5.02 Å². The molecule has 0 aliphatic heterocycles. The SMILES string of the molecule is Cn1nnc(CC(N)c2c(F)cccc2Cl)n1. The second kappa shape index (κ2) is 4.77. The van der Waals surface area contributed by atoms with Gasteiger partial charge in [-0.25, -0.2) is 4.39 Å². The number of hydrogen-bond acceptors (Lipinski definition) is 4. The van der Waals surface area contributed by atoms with Crippen LogP contribution in [0.3, 0.4) is 0 Å². The van der Waals surface area contributed by atoms with Crippen LogP contribution in [0.4, 0.5) is 4.39 Å². The van der Waals surface area contributed by atoms with E-state index in [0.717, 1.165) is 0 Å². The van der Waals surface area contributed by atoms with E-state index in [1.54, 1.807) is 13.1 Å². The summed E-state index contributed by atoms with van der Waals surface area (Å²) >= 11 is 5.91. The Kier molecular flexibility index (Phi) is 3.35. The van der Waals surface area contributed by atoms with Gasteiger partial charge in [0.25, 0.3) is 0 Å². The third-order valence-electron chi connectivity index (χ3n) is 2.32. The molecular formula is C10H11ClFN5. The first-order valence-electron chi connectivity index (χ1n) is 5.00. The van der Waals surface area contributed by atoms with E-state index in [1.807, 2.05) is 0 Å². The van der Waals surface area contributed by atoms with E-state index in [-0.39, 0.29) is 12.0 Å². The molecule has 1 heterocycles. The lowest BCUT2D eigenvalue weighted by Crippen LogP contribution is -2.16. The first-order chi connectivity index (χ1) is 8.08. The third kappa shape index (κ3) is 2.59. The Morgan fingerprint density at radius 3 is 2.88 bits per heavy atom. The van der Waals surface area contributed by atoms with E-state index in [4.69, 9.17) is 17.3 Å². The Morgan fingerprint density at radius 2 is 2.29 bits per heavy atom. The van der Waals surface area contributed by atoms with Crippen molar-refractivity contribution in [3.05, 3.63) is 40.4 Å². The highest BCUT2D eigenvalue weighted by atomic mass is 35.5. The molecule has 0 fully saturated rings. The molecule has 1 atom stereocenters. The molecule has 0 aliphatic carbocycles. The maximum absolute atomic E-state index is 13.6. The first kappa shape index (κ1) is 11.9. The molecule has 7 heteroatoms. The summed E-state index contributed by atoms with van der Waals surface area (Å²) in [5.41, 5.74) is 6.18. The fourth-order valence-electron chi connectivity index (χ4n) is 1.57. The second-order valence-electron chi connectivity index (χ2n) is 3.64. The number of tetrazole rings is 1. The molecule has 1 aromatic carbocycles. The van der Waals surface area contributed by atoms with Crippen molar-refractivity contribution in [2.45, 2.75) is 12.5 Å². The van der Waals surface area contributed by atoms with Gasteiger partial charge >= 0.3 is 0 Å². The normalized spacial score (nSPS) is 12.7. The van der Waals surface area contributed by atoms with Crippen LogP contribution in [0.25, 0.3) is 0 Å². The lowest BCUT2D eigenvalue weighted by atomic mass is 10.0. The molecule has 2 rings (SSSR count). The van der Waals surface area contributed by atoms with Gasteiger partial charge in [0.15, 0.2) is 5.82 Å². The fraction of sp³-hybridized carbons (Fsp3) is 0.300. The number of benzene rings is 1. The van der Waals surface area contributed by atoms with Crippen LogP contribution in [0.1, 0.15) is 17.4 Å². The molecule has 2 N–H and O–H groups in total. The number of nitrogens with two attached hydrogens (primary N) is 1. The second-order valence-corrected chi connectivity index (χ2v) is 4.05. The Balaban J connectivity index is 2.22. The van der Waals surface area contributed by atoms with E-state index in [9.17, 15) is 4.39 Å². The first-order valence-corrected chi connectivity index (χ1v) is 5.38. The minimum atomic E-state index is -0.590. The molecule has 0 amide bonds. The summed E-state index contributed by atoms with van der Waals surface area (Å²) in [6.07, 6.45) is 0.286. The molecule has 0 saturated heterocycles. The highest BCUT2D eigenvalue weighted by Crippen LogP contribution is 2.25. The van der Waals surface area contributed by atoms with Crippen LogP contribution in [0.15, 0.2) is 18.2 Å². The predicted octanol–water partition coefficient (Wildman–Crippen LogP) is 1.25. The van der Waals surface area contributed by atoms with Crippen molar-refractivity contribution in [3.63, 3.8) is 0 Å². The Hall–Kier alpha value is -1.53. The van der Waals surface area contributed by atoms with Crippen molar-refractivity contribution >= 4 is 11.6 Å². The van der Waals surface area contributed by atoms with Gasteiger partial charge in [-0.05, 0) is 17.3 Å². The number of halogens is 2. The number of hydrogen-bond donors (Lipinski definition) is 1. The van der Waals surface area contributed by atoms with Gasteiger partial charge in [0.05, 0.1) is 7.05 Å². The smallest absolute Gasteiger partial charge is 0.176 e. The van der Waals surface area contributed by atoms with E-state index < -0.39 is 11.9 Å². The molecule has 1 aromatic heterocycles. The molecule has 0 aliphatic rings. The van der Waals surface area contributed by atoms with Gasteiger partial charge in [0.1, 0.15) is 5.82 Å². The van der Waals surface area contributed by atoms with Gasteiger partial charge in [-0.3, -0.25) is 0 Å². The summed E-state index contributed by atoms with van der Waals surface area (Å²) in [6.45, 7) is 0. The van der Waals surface area contributed by atoms with Crippen LogP contribution < -0.4 is 5.73 Å². The van der Waals surface area contributed by atoms with Gasteiger partial charge in [-0.15, -0.1) is 10.2 Å². The molecule has 17 heavy (non-hydrogen) atoms. The molecule has 0 radical (unpaired) electrons. The number of nitrogens with zero attached hydrogens (tertiary/aromatic N) is 4. The van der Waals surface area contributed by atoms with E-state index >= 15 is 0 Å². The van der Waals surface area contributed by atoms with Gasteiger partial charge in [0.2, 0.25) is 0 Å². The predicted molar refractivity (Wildman–Crippen MR) is 60.8 cm³/mol. The quantitative estimate of drug-likeness (QED) is 0.896. The minimum Gasteiger partial charge on any atom is -0.323 e. The van der Waals surface area contributed by atoms with Crippen LogP contribution >= 0.6 is 11.6 Å². The van der Waals surface area contributed by atoms with E-state index in [2.05, 4.69) is 15.4 Å². The molecule has 1 unspecified atom stereocenters. The lowest BCUT2D eigenvalue weighted by molar-refractivity contribution is 0.573. The molecule has 90 valence electrons. The van der Waals surface area contributed by atoms with Crippen LogP contribution in [0.5, 0.6) is 0 Å². The zero-order chi connectivity index (χ0) is 12.4. The van der Waals surface area contributed by atoms with Gasteiger partial charge in [-0.2, -0.15) is 4.80 Å².